The molecule has 0 heterocycles. The summed E-state index contributed by atoms with van der Waals surface area (Å²) >= 11 is 0. The van der Waals surface area contributed by atoms with Gasteiger partial charge in [0.15, 0.2) is 8.32 Å². The van der Waals surface area contributed by atoms with Crippen LogP contribution < -0.4 is 0 Å². The van der Waals surface area contributed by atoms with Crippen LogP contribution in [-0.4, -0.2) is 14.9 Å². The van der Waals surface area contributed by atoms with Crippen molar-refractivity contribution in [3.05, 3.63) is 11.6 Å². The maximum atomic E-state index is 6.37. The Labute approximate surface area is 122 Å². The van der Waals surface area contributed by atoms with Gasteiger partial charge >= 0.3 is 0 Å². The normalized spacial score (nSPS) is 29.3. The standard InChI is InChI=1S/C17H34OSi/c1-14-10-9-11-15(2)17(14,6)12-13-18-19(7,8)16(3,4)5/h10,15H,9,11-13H2,1-8H3/t15-,17-/m1/s1. The van der Waals surface area contributed by atoms with Crippen molar-refractivity contribution in [2.75, 3.05) is 6.61 Å². The fourth-order valence-electron chi connectivity index (χ4n) is 2.67. The smallest absolute Gasteiger partial charge is 0.191 e. The molecular formula is C17H34OSi. The summed E-state index contributed by atoms with van der Waals surface area (Å²) in [6, 6.07) is 0. The average Bonchev–Trinajstić information content (AvgIpc) is 2.24. The monoisotopic (exact) mass is 282 g/mol. The summed E-state index contributed by atoms with van der Waals surface area (Å²) in [5.74, 6) is 0.778. The molecule has 0 aromatic rings. The van der Waals surface area contributed by atoms with Gasteiger partial charge in [-0.25, -0.2) is 0 Å². The molecule has 1 aliphatic carbocycles. The Morgan fingerprint density at radius 3 is 2.42 bits per heavy atom. The predicted octanol–water partition coefficient (Wildman–Crippen LogP) is 5.78. The van der Waals surface area contributed by atoms with E-state index >= 15 is 0 Å². The third kappa shape index (κ3) is 3.72. The van der Waals surface area contributed by atoms with E-state index < -0.39 is 8.32 Å². The van der Waals surface area contributed by atoms with Crippen LogP contribution in [0.5, 0.6) is 0 Å². The van der Waals surface area contributed by atoms with Gasteiger partial charge in [0, 0.05) is 6.61 Å². The van der Waals surface area contributed by atoms with Crippen molar-refractivity contribution in [3.63, 3.8) is 0 Å². The first kappa shape index (κ1) is 17.0. The average molecular weight is 283 g/mol. The molecule has 0 unspecified atom stereocenters. The van der Waals surface area contributed by atoms with Crippen LogP contribution in [0.4, 0.5) is 0 Å². The first-order valence-corrected chi connectivity index (χ1v) is 10.7. The van der Waals surface area contributed by atoms with Crippen LogP contribution in [0.2, 0.25) is 18.1 Å². The highest BCUT2D eigenvalue weighted by Gasteiger charge is 2.39. The van der Waals surface area contributed by atoms with E-state index in [-0.39, 0.29) is 0 Å². The quantitative estimate of drug-likeness (QED) is 0.469. The highest BCUT2D eigenvalue weighted by atomic mass is 28.4. The van der Waals surface area contributed by atoms with Gasteiger partial charge in [-0.3, -0.25) is 0 Å². The first-order chi connectivity index (χ1) is 8.51. The third-order valence-electron chi connectivity index (χ3n) is 5.93. The van der Waals surface area contributed by atoms with Crippen LogP contribution >= 0.6 is 0 Å². The lowest BCUT2D eigenvalue weighted by Gasteiger charge is -2.42. The van der Waals surface area contributed by atoms with E-state index in [9.17, 15) is 0 Å². The largest absolute Gasteiger partial charge is 0.417 e. The van der Waals surface area contributed by atoms with Crippen molar-refractivity contribution >= 4 is 8.32 Å². The summed E-state index contributed by atoms with van der Waals surface area (Å²) in [6.07, 6.45) is 6.19. The molecule has 0 saturated carbocycles. The van der Waals surface area contributed by atoms with Crippen molar-refractivity contribution < 1.29 is 4.43 Å². The summed E-state index contributed by atoms with van der Waals surface area (Å²) < 4.78 is 6.37. The van der Waals surface area contributed by atoms with Gasteiger partial charge in [-0.1, -0.05) is 46.3 Å². The summed E-state index contributed by atoms with van der Waals surface area (Å²) in [4.78, 5) is 0. The van der Waals surface area contributed by atoms with Gasteiger partial charge < -0.3 is 4.43 Å². The zero-order chi connectivity index (χ0) is 14.9. The van der Waals surface area contributed by atoms with E-state index in [1.54, 1.807) is 5.57 Å². The maximum absolute atomic E-state index is 6.37. The summed E-state index contributed by atoms with van der Waals surface area (Å²) in [5.41, 5.74) is 1.92. The summed E-state index contributed by atoms with van der Waals surface area (Å²) in [7, 11) is -1.59. The molecule has 0 spiro atoms. The van der Waals surface area contributed by atoms with Gasteiger partial charge in [-0.2, -0.15) is 0 Å². The third-order valence-corrected chi connectivity index (χ3v) is 10.5. The molecular weight excluding hydrogens is 248 g/mol. The Bertz CT molecular complexity index is 338. The summed E-state index contributed by atoms with van der Waals surface area (Å²) in [6.45, 7) is 19.7. The van der Waals surface area contributed by atoms with Gasteiger partial charge in [0.1, 0.15) is 0 Å². The van der Waals surface area contributed by atoms with E-state index in [1.165, 1.54) is 19.3 Å². The van der Waals surface area contributed by atoms with Crippen molar-refractivity contribution in [1.29, 1.82) is 0 Å². The molecule has 1 rings (SSSR count). The number of rotatable bonds is 4. The van der Waals surface area contributed by atoms with E-state index in [2.05, 4.69) is 60.7 Å². The molecule has 0 N–H and O–H groups in total. The fourth-order valence-corrected chi connectivity index (χ4v) is 3.71. The van der Waals surface area contributed by atoms with Gasteiger partial charge in [-0.15, -0.1) is 0 Å². The van der Waals surface area contributed by atoms with Crippen molar-refractivity contribution in [1.82, 2.24) is 0 Å². The Balaban J connectivity index is 2.62. The van der Waals surface area contributed by atoms with E-state index in [0.717, 1.165) is 12.5 Å². The Kier molecular flexibility index (Phi) is 5.12. The lowest BCUT2D eigenvalue weighted by molar-refractivity contribution is 0.160. The summed E-state index contributed by atoms with van der Waals surface area (Å²) in [5, 5.41) is 0.316. The number of hydrogen-bond acceptors (Lipinski definition) is 1. The molecule has 0 amide bonds. The Morgan fingerprint density at radius 2 is 1.95 bits per heavy atom. The van der Waals surface area contributed by atoms with E-state index in [0.29, 0.717) is 10.5 Å². The molecule has 0 fully saturated rings. The van der Waals surface area contributed by atoms with Crippen LogP contribution in [0.1, 0.15) is 60.8 Å². The van der Waals surface area contributed by atoms with Gasteiger partial charge in [0.2, 0.25) is 0 Å². The molecule has 0 aromatic carbocycles. The van der Waals surface area contributed by atoms with Crippen LogP contribution in [0.15, 0.2) is 11.6 Å². The van der Waals surface area contributed by atoms with Crippen molar-refractivity contribution in [3.8, 4) is 0 Å². The minimum Gasteiger partial charge on any atom is -0.417 e. The van der Waals surface area contributed by atoms with Crippen LogP contribution in [0.3, 0.4) is 0 Å². The van der Waals surface area contributed by atoms with Gasteiger partial charge in [0.25, 0.3) is 0 Å². The molecule has 1 aliphatic rings. The first-order valence-electron chi connectivity index (χ1n) is 7.82. The number of allylic oxidation sites excluding steroid dienone is 2. The predicted molar refractivity (Wildman–Crippen MR) is 88.0 cm³/mol. The minimum atomic E-state index is -1.59. The molecule has 0 aliphatic heterocycles. The lowest BCUT2D eigenvalue weighted by Crippen LogP contribution is -2.42. The molecule has 2 heteroatoms. The zero-order valence-electron chi connectivity index (χ0n) is 14.4. The Morgan fingerprint density at radius 1 is 1.37 bits per heavy atom. The topological polar surface area (TPSA) is 9.23 Å². The van der Waals surface area contributed by atoms with Crippen LogP contribution in [0.25, 0.3) is 0 Å². The second kappa shape index (κ2) is 5.73. The molecule has 1 nitrogen and oxygen atoms in total. The lowest BCUT2D eigenvalue weighted by atomic mass is 9.66. The number of hydrogen-bond donors (Lipinski definition) is 0. The minimum absolute atomic E-state index is 0.316. The second-order valence-electron chi connectivity index (χ2n) is 8.14. The SMILES string of the molecule is CC1=CCC[C@@H](C)[C@]1(C)CCO[Si](C)(C)C(C)(C)C. The van der Waals surface area contributed by atoms with Crippen LogP contribution in [0, 0.1) is 11.3 Å². The molecule has 112 valence electrons. The zero-order valence-corrected chi connectivity index (χ0v) is 15.4. The maximum Gasteiger partial charge on any atom is 0.191 e. The second-order valence-corrected chi connectivity index (χ2v) is 13.0. The molecule has 0 radical (unpaired) electrons. The molecule has 0 saturated heterocycles. The highest BCUT2D eigenvalue weighted by molar-refractivity contribution is 6.74. The highest BCUT2D eigenvalue weighted by Crippen LogP contribution is 2.45. The van der Waals surface area contributed by atoms with Gasteiger partial charge in [-0.05, 0) is 55.7 Å². The van der Waals surface area contributed by atoms with Gasteiger partial charge in [0.05, 0.1) is 0 Å². The molecule has 19 heavy (non-hydrogen) atoms. The van der Waals surface area contributed by atoms with Crippen molar-refractivity contribution in [2.24, 2.45) is 11.3 Å². The van der Waals surface area contributed by atoms with E-state index in [4.69, 9.17) is 4.43 Å². The Hall–Kier alpha value is -0.0831. The molecule has 2 atom stereocenters. The molecule has 0 aromatic heterocycles. The van der Waals surface area contributed by atoms with E-state index in [1.807, 2.05) is 0 Å². The molecule has 0 bridgehead atoms. The fraction of sp³-hybridized carbons (Fsp3) is 0.882. The van der Waals surface area contributed by atoms with Crippen LogP contribution in [-0.2, 0) is 4.43 Å². The van der Waals surface area contributed by atoms with Crippen molar-refractivity contribution in [2.45, 2.75) is 78.9 Å².